The first-order valence-corrected chi connectivity index (χ1v) is 7.14. The van der Waals surface area contributed by atoms with Gasteiger partial charge in [0, 0.05) is 18.2 Å². The van der Waals surface area contributed by atoms with Crippen molar-refractivity contribution in [3.63, 3.8) is 0 Å². The van der Waals surface area contributed by atoms with Crippen molar-refractivity contribution in [2.75, 3.05) is 13.1 Å². The Labute approximate surface area is 127 Å². The second-order valence-electron chi connectivity index (χ2n) is 5.92. The van der Waals surface area contributed by atoms with E-state index in [4.69, 9.17) is 5.73 Å². The van der Waals surface area contributed by atoms with Crippen molar-refractivity contribution in [2.24, 2.45) is 11.7 Å². The van der Waals surface area contributed by atoms with E-state index in [2.05, 4.69) is 32.9 Å². The molecule has 2 N–H and O–H groups in total. The second kappa shape index (κ2) is 7.09. The van der Waals surface area contributed by atoms with Crippen LogP contribution in [0.2, 0.25) is 0 Å². The average Bonchev–Trinajstić information content (AvgIpc) is 2.79. The maximum Gasteiger partial charge on any atom is 0.254 e. The van der Waals surface area contributed by atoms with E-state index in [-0.39, 0.29) is 18.3 Å². The van der Waals surface area contributed by atoms with Crippen molar-refractivity contribution < 1.29 is 4.79 Å². The summed E-state index contributed by atoms with van der Waals surface area (Å²) in [5, 5.41) is 0. The fourth-order valence-corrected chi connectivity index (χ4v) is 2.77. The lowest BCUT2D eigenvalue weighted by atomic mass is 10.0. The molecule has 0 bridgehead atoms. The fraction of sp³-hybridized carbons (Fsp3) is 0.562. The predicted octanol–water partition coefficient (Wildman–Crippen LogP) is 3.04. The topological polar surface area (TPSA) is 46.3 Å². The molecule has 1 aliphatic heterocycles. The summed E-state index contributed by atoms with van der Waals surface area (Å²) in [6, 6.07) is 8.30. The van der Waals surface area contributed by atoms with Gasteiger partial charge >= 0.3 is 0 Å². The highest BCUT2D eigenvalue weighted by Crippen LogP contribution is 2.24. The minimum atomic E-state index is 0. The van der Waals surface area contributed by atoms with Crippen LogP contribution in [-0.2, 0) is 0 Å². The smallest absolute Gasteiger partial charge is 0.254 e. The van der Waals surface area contributed by atoms with Crippen LogP contribution in [0.25, 0.3) is 0 Å². The zero-order chi connectivity index (χ0) is 14.0. The van der Waals surface area contributed by atoms with Gasteiger partial charge in [0.25, 0.3) is 5.91 Å². The highest BCUT2D eigenvalue weighted by atomic mass is 35.5. The Morgan fingerprint density at radius 3 is 2.40 bits per heavy atom. The lowest BCUT2D eigenvalue weighted by Crippen LogP contribution is -2.34. The van der Waals surface area contributed by atoms with Gasteiger partial charge in [0.2, 0.25) is 0 Å². The van der Waals surface area contributed by atoms with E-state index in [9.17, 15) is 4.79 Å². The Kier molecular flexibility index (Phi) is 6.03. The van der Waals surface area contributed by atoms with Crippen molar-refractivity contribution in [3.8, 4) is 0 Å². The van der Waals surface area contributed by atoms with Gasteiger partial charge in [-0.15, -0.1) is 12.4 Å². The first-order chi connectivity index (χ1) is 9.02. The molecule has 2 atom stereocenters. The Bertz CT molecular complexity index is 444. The Morgan fingerprint density at radius 1 is 1.35 bits per heavy atom. The van der Waals surface area contributed by atoms with Gasteiger partial charge < -0.3 is 10.6 Å². The van der Waals surface area contributed by atoms with Gasteiger partial charge in [0.05, 0.1) is 0 Å². The SMILES string of the molecule is CC(C)c1ccc(C(=O)N2CC(CN)CC2C)cc1.Cl. The molecule has 1 amide bonds. The number of hydrogen-bond acceptors (Lipinski definition) is 2. The predicted molar refractivity (Wildman–Crippen MR) is 85.4 cm³/mol. The lowest BCUT2D eigenvalue weighted by molar-refractivity contribution is 0.0743. The number of nitrogens with two attached hydrogens (primary N) is 1. The van der Waals surface area contributed by atoms with Gasteiger partial charge in [-0.2, -0.15) is 0 Å². The molecule has 4 heteroatoms. The maximum absolute atomic E-state index is 12.5. The molecular formula is C16H25ClN2O. The number of amides is 1. The molecule has 1 aromatic carbocycles. The maximum atomic E-state index is 12.5. The normalized spacial score (nSPS) is 21.9. The third kappa shape index (κ3) is 3.53. The van der Waals surface area contributed by atoms with Crippen molar-refractivity contribution >= 4 is 18.3 Å². The standard InChI is InChI=1S/C16H24N2O.ClH/c1-11(2)14-4-6-15(7-5-14)16(19)18-10-13(9-17)8-12(18)3;/h4-7,11-13H,8-10,17H2,1-3H3;1H. The number of rotatable bonds is 3. The summed E-state index contributed by atoms with van der Waals surface area (Å²) in [6.45, 7) is 7.88. The zero-order valence-corrected chi connectivity index (χ0v) is 13.3. The molecular weight excluding hydrogens is 272 g/mol. The lowest BCUT2D eigenvalue weighted by Gasteiger charge is -2.21. The van der Waals surface area contributed by atoms with E-state index < -0.39 is 0 Å². The molecule has 1 aromatic rings. The quantitative estimate of drug-likeness (QED) is 0.932. The van der Waals surface area contributed by atoms with Crippen LogP contribution in [0, 0.1) is 5.92 Å². The molecule has 1 heterocycles. The van der Waals surface area contributed by atoms with Crippen LogP contribution >= 0.6 is 12.4 Å². The van der Waals surface area contributed by atoms with Crippen molar-refractivity contribution in [1.29, 1.82) is 0 Å². The van der Waals surface area contributed by atoms with Gasteiger partial charge in [0.15, 0.2) is 0 Å². The molecule has 1 aliphatic rings. The van der Waals surface area contributed by atoms with Crippen molar-refractivity contribution in [3.05, 3.63) is 35.4 Å². The summed E-state index contributed by atoms with van der Waals surface area (Å²) >= 11 is 0. The molecule has 0 spiro atoms. The van der Waals surface area contributed by atoms with Crippen LogP contribution in [-0.4, -0.2) is 29.9 Å². The van der Waals surface area contributed by atoms with Crippen LogP contribution in [0.3, 0.4) is 0 Å². The van der Waals surface area contributed by atoms with Crippen molar-refractivity contribution in [2.45, 2.75) is 39.2 Å². The van der Waals surface area contributed by atoms with Gasteiger partial charge in [-0.25, -0.2) is 0 Å². The molecule has 2 rings (SSSR count). The molecule has 0 saturated carbocycles. The molecule has 112 valence electrons. The van der Waals surface area contributed by atoms with Crippen LogP contribution in [0.4, 0.5) is 0 Å². The summed E-state index contributed by atoms with van der Waals surface area (Å²) in [6.07, 6.45) is 1.02. The van der Waals surface area contributed by atoms with E-state index in [1.54, 1.807) is 0 Å². The third-order valence-corrected chi connectivity index (χ3v) is 4.08. The molecule has 20 heavy (non-hydrogen) atoms. The second-order valence-corrected chi connectivity index (χ2v) is 5.92. The number of carbonyl (C=O) groups is 1. The number of likely N-dealkylation sites (tertiary alicyclic amines) is 1. The summed E-state index contributed by atoms with van der Waals surface area (Å²) in [7, 11) is 0. The Hall–Kier alpha value is -1.06. The van der Waals surface area contributed by atoms with Crippen molar-refractivity contribution in [1.82, 2.24) is 4.90 Å². The van der Waals surface area contributed by atoms with E-state index >= 15 is 0 Å². The van der Waals surface area contributed by atoms with Crippen LogP contribution < -0.4 is 5.73 Å². The number of nitrogens with zero attached hydrogens (tertiary/aromatic N) is 1. The first kappa shape index (κ1) is 17.0. The minimum Gasteiger partial charge on any atom is -0.336 e. The number of hydrogen-bond donors (Lipinski definition) is 1. The third-order valence-electron chi connectivity index (χ3n) is 4.08. The van der Waals surface area contributed by atoms with Crippen LogP contribution in [0.15, 0.2) is 24.3 Å². The van der Waals surface area contributed by atoms with E-state index in [1.807, 2.05) is 17.0 Å². The molecule has 0 aromatic heterocycles. The molecule has 1 saturated heterocycles. The monoisotopic (exact) mass is 296 g/mol. The summed E-state index contributed by atoms with van der Waals surface area (Å²) < 4.78 is 0. The molecule has 1 fully saturated rings. The van der Waals surface area contributed by atoms with E-state index in [0.29, 0.717) is 24.4 Å². The number of halogens is 1. The van der Waals surface area contributed by atoms with Gasteiger partial charge in [-0.1, -0.05) is 26.0 Å². The molecule has 0 radical (unpaired) electrons. The summed E-state index contributed by atoms with van der Waals surface area (Å²) in [4.78, 5) is 14.4. The average molecular weight is 297 g/mol. The minimum absolute atomic E-state index is 0. The molecule has 0 aliphatic carbocycles. The molecule has 3 nitrogen and oxygen atoms in total. The Morgan fingerprint density at radius 2 is 1.95 bits per heavy atom. The van der Waals surface area contributed by atoms with E-state index in [1.165, 1.54) is 5.56 Å². The highest BCUT2D eigenvalue weighted by molar-refractivity contribution is 5.94. The van der Waals surface area contributed by atoms with E-state index in [0.717, 1.165) is 18.5 Å². The highest BCUT2D eigenvalue weighted by Gasteiger charge is 2.31. The zero-order valence-electron chi connectivity index (χ0n) is 12.5. The van der Waals surface area contributed by atoms with Crippen LogP contribution in [0.5, 0.6) is 0 Å². The fourth-order valence-electron chi connectivity index (χ4n) is 2.77. The summed E-state index contributed by atoms with van der Waals surface area (Å²) in [5.41, 5.74) is 7.77. The van der Waals surface area contributed by atoms with Gasteiger partial charge in [0.1, 0.15) is 0 Å². The Balaban J connectivity index is 0.00000200. The largest absolute Gasteiger partial charge is 0.336 e. The number of carbonyl (C=O) groups excluding carboxylic acids is 1. The van der Waals surface area contributed by atoms with Gasteiger partial charge in [-0.05, 0) is 49.4 Å². The van der Waals surface area contributed by atoms with Gasteiger partial charge in [-0.3, -0.25) is 4.79 Å². The first-order valence-electron chi connectivity index (χ1n) is 7.14. The summed E-state index contributed by atoms with van der Waals surface area (Å²) in [5.74, 6) is 1.09. The molecule has 2 unspecified atom stereocenters. The number of benzene rings is 1. The van der Waals surface area contributed by atoms with Crippen LogP contribution in [0.1, 0.15) is 49.0 Å².